The van der Waals surface area contributed by atoms with Gasteiger partial charge in [0, 0.05) is 73.9 Å². The Morgan fingerprint density at radius 3 is 2.63 bits per heavy atom. The molecule has 6 nitrogen and oxygen atoms in total. The maximum Gasteiger partial charge on any atom is 0.132 e. The van der Waals surface area contributed by atoms with Crippen molar-refractivity contribution in [1.29, 1.82) is 0 Å². The number of aromatic nitrogens is 3. The molecule has 3 heterocycles. The number of rotatable bonds is 5. The third-order valence-corrected chi connectivity index (χ3v) is 6.19. The molecule has 3 aromatic rings. The first kappa shape index (κ1) is 18.2. The second-order valence-corrected chi connectivity index (χ2v) is 7.90. The van der Waals surface area contributed by atoms with E-state index in [1.807, 2.05) is 41.5 Å². The Bertz CT molecular complexity index is 884. The quantitative estimate of drug-likeness (QED) is 0.734. The van der Waals surface area contributed by atoms with E-state index in [0.717, 1.165) is 49.0 Å². The number of para-hydroxylation sites is 1. The van der Waals surface area contributed by atoms with Gasteiger partial charge in [0.25, 0.3) is 0 Å². The van der Waals surface area contributed by atoms with Crippen LogP contribution in [0.5, 0.6) is 0 Å². The van der Waals surface area contributed by atoms with Crippen LogP contribution >= 0.6 is 11.3 Å². The van der Waals surface area contributed by atoms with Crippen LogP contribution in [0.1, 0.15) is 27.9 Å². The number of nitrogens with zero attached hydrogens (tertiary/aromatic N) is 5. The number of hydrogen-bond donors (Lipinski definition) is 1. The second-order valence-electron chi connectivity index (χ2n) is 6.97. The van der Waals surface area contributed by atoms with Gasteiger partial charge in [-0.3, -0.25) is 9.58 Å². The molecule has 1 atom stereocenters. The van der Waals surface area contributed by atoms with E-state index in [2.05, 4.69) is 32.9 Å². The van der Waals surface area contributed by atoms with Gasteiger partial charge in [0.15, 0.2) is 0 Å². The lowest BCUT2D eigenvalue weighted by Crippen LogP contribution is -2.46. The van der Waals surface area contributed by atoms with Gasteiger partial charge in [0.2, 0.25) is 0 Å². The molecule has 0 aliphatic carbocycles. The van der Waals surface area contributed by atoms with Crippen LogP contribution in [-0.4, -0.2) is 50.9 Å². The van der Waals surface area contributed by atoms with Gasteiger partial charge in [-0.2, -0.15) is 5.10 Å². The number of aryl methyl sites for hydroxylation is 1. The molecule has 1 saturated heterocycles. The highest BCUT2D eigenvalue weighted by atomic mass is 32.1. The van der Waals surface area contributed by atoms with E-state index in [0.29, 0.717) is 0 Å². The van der Waals surface area contributed by atoms with Crippen LogP contribution < -0.4 is 4.90 Å². The summed E-state index contributed by atoms with van der Waals surface area (Å²) in [5, 5.41) is 17.8. The first-order chi connectivity index (χ1) is 13.1. The predicted molar refractivity (Wildman–Crippen MR) is 108 cm³/mol. The molecule has 1 aliphatic rings. The van der Waals surface area contributed by atoms with Crippen molar-refractivity contribution in [3.63, 3.8) is 0 Å². The molecule has 27 heavy (non-hydrogen) atoms. The molecule has 1 aromatic carbocycles. The van der Waals surface area contributed by atoms with Gasteiger partial charge >= 0.3 is 0 Å². The summed E-state index contributed by atoms with van der Waals surface area (Å²) in [6, 6.07) is 8.13. The lowest BCUT2D eigenvalue weighted by atomic mass is 10.1. The summed E-state index contributed by atoms with van der Waals surface area (Å²) in [5.74, 6) is 0. The molecule has 1 aliphatic heterocycles. The Balaban J connectivity index is 1.45. The Morgan fingerprint density at radius 2 is 1.96 bits per heavy atom. The molecule has 0 amide bonds. The minimum Gasteiger partial charge on any atom is -0.381 e. The van der Waals surface area contributed by atoms with E-state index in [9.17, 15) is 5.11 Å². The fourth-order valence-corrected chi connectivity index (χ4v) is 4.24. The first-order valence-corrected chi connectivity index (χ1v) is 10.1. The highest BCUT2D eigenvalue weighted by Crippen LogP contribution is 2.32. The molecule has 1 fully saturated rings. The van der Waals surface area contributed by atoms with Crippen molar-refractivity contribution in [2.45, 2.75) is 19.6 Å². The van der Waals surface area contributed by atoms with Crippen LogP contribution in [0.4, 0.5) is 5.69 Å². The molecule has 7 heteroatoms. The summed E-state index contributed by atoms with van der Waals surface area (Å²) in [6.45, 7) is 6.94. The summed E-state index contributed by atoms with van der Waals surface area (Å²) in [6.07, 6.45) is 3.05. The fourth-order valence-electron chi connectivity index (χ4n) is 3.60. The monoisotopic (exact) mass is 383 g/mol. The zero-order chi connectivity index (χ0) is 18.8. The van der Waals surface area contributed by atoms with Crippen molar-refractivity contribution < 1.29 is 5.11 Å². The highest BCUT2D eigenvalue weighted by molar-refractivity contribution is 7.09. The van der Waals surface area contributed by atoms with Gasteiger partial charge in [-0.1, -0.05) is 18.2 Å². The van der Waals surface area contributed by atoms with Crippen molar-refractivity contribution in [2.24, 2.45) is 7.05 Å². The molecular formula is C20H25N5OS. The van der Waals surface area contributed by atoms with E-state index >= 15 is 0 Å². The maximum absolute atomic E-state index is 10.8. The van der Waals surface area contributed by atoms with E-state index in [1.165, 1.54) is 22.6 Å². The van der Waals surface area contributed by atoms with Crippen LogP contribution in [0.3, 0.4) is 0 Å². The van der Waals surface area contributed by atoms with E-state index in [1.54, 1.807) is 6.20 Å². The minimum atomic E-state index is -0.669. The van der Waals surface area contributed by atoms with Gasteiger partial charge in [-0.25, -0.2) is 4.98 Å². The summed E-state index contributed by atoms with van der Waals surface area (Å²) in [4.78, 5) is 9.13. The van der Waals surface area contributed by atoms with Gasteiger partial charge in [-0.05, 0) is 13.0 Å². The van der Waals surface area contributed by atoms with Crippen LogP contribution in [0, 0.1) is 6.92 Å². The standard InChI is InChI=1S/C20H25N5OS/c1-15-16(13-22-23(15)2)14-24-8-10-25(11-9-24)18-6-4-3-5-17(18)19(26)20-21-7-12-27-20/h3-7,12-13,19,26H,8-11,14H2,1-2H3/t19-/m1/s1. The lowest BCUT2D eigenvalue weighted by Gasteiger charge is -2.37. The van der Waals surface area contributed by atoms with Crippen molar-refractivity contribution in [3.8, 4) is 0 Å². The first-order valence-electron chi connectivity index (χ1n) is 9.24. The van der Waals surface area contributed by atoms with E-state index < -0.39 is 6.10 Å². The second kappa shape index (κ2) is 7.80. The minimum absolute atomic E-state index is 0.669. The number of benzene rings is 1. The van der Waals surface area contributed by atoms with Crippen LogP contribution in [-0.2, 0) is 13.6 Å². The van der Waals surface area contributed by atoms with Crippen molar-refractivity contribution in [3.05, 3.63) is 63.9 Å². The molecule has 1 N–H and O–H groups in total. The SMILES string of the molecule is Cc1c(CN2CCN(c3ccccc3[C@@H](O)c3nccs3)CC2)cnn1C. The maximum atomic E-state index is 10.8. The Kier molecular flexibility index (Phi) is 5.24. The molecule has 4 rings (SSSR count). The molecule has 142 valence electrons. The fraction of sp³-hybridized carbons (Fsp3) is 0.400. The zero-order valence-corrected chi connectivity index (χ0v) is 16.6. The number of aliphatic hydroxyl groups excluding tert-OH is 1. The third-order valence-electron chi connectivity index (χ3n) is 5.36. The van der Waals surface area contributed by atoms with Crippen molar-refractivity contribution in [2.75, 3.05) is 31.1 Å². The largest absolute Gasteiger partial charge is 0.381 e. The van der Waals surface area contributed by atoms with E-state index in [4.69, 9.17) is 0 Å². The predicted octanol–water partition coefficient (Wildman–Crippen LogP) is 2.59. The summed E-state index contributed by atoms with van der Waals surface area (Å²) < 4.78 is 1.93. The Hall–Kier alpha value is -2.22. The molecule has 0 unspecified atom stereocenters. The number of aliphatic hydroxyl groups is 1. The van der Waals surface area contributed by atoms with Crippen LogP contribution in [0.15, 0.2) is 42.0 Å². The number of hydrogen-bond acceptors (Lipinski definition) is 6. The average molecular weight is 384 g/mol. The van der Waals surface area contributed by atoms with Crippen molar-refractivity contribution >= 4 is 17.0 Å². The number of piperazine rings is 1. The topological polar surface area (TPSA) is 57.4 Å². The van der Waals surface area contributed by atoms with Crippen LogP contribution in [0.2, 0.25) is 0 Å². The Labute approximate surface area is 163 Å². The molecular weight excluding hydrogens is 358 g/mol. The summed E-state index contributed by atoms with van der Waals surface area (Å²) in [7, 11) is 1.99. The van der Waals surface area contributed by atoms with Gasteiger partial charge < -0.3 is 10.0 Å². The molecule has 0 bridgehead atoms. The summed E-state index contributed by atoms with van der Waals surface area (Å²) in [5.41, 5.74) is 4.57. The number of anilines is 1. The summed E-state index contributed by atoms with van der Waals surface area (Å²) >= 11 is 1.49. The number of thiazole rings is 1. The smallest absolute Gasteiger partial charge is 0.132 e. The van der Waals surface area contributed by atoms with Gasteiger partial charge in [0.05, 0.1) is 6.20 Å². The Morgan fingerprint density at radius 1 is 1.19 bits per heavy atom. The molecule has 0 radical (unpaired) electrons. The molecule has 0 spiro atoms. The lowest BCUT2D eigenvalue weighted by molar-refractivity contribution is 0.218. The van der Waals surface area contributed by atoms with Crippen molar-refractivity contribution in [1.82, 2.24) is 19.7 Å². The average Bonchev–Trinajstić information content (AvgIpc) is 3.34. The molecule has 2 aromatic heterocycles. The highest BCUT2D eigenvalue weighted by Gasteiger charge is 2.23. The van der Waals surface area contributed by atoms with Gasteiger partial charge in [-0.15, -0.1) is 11.3 Å². The van der Waals surface area contributed by atoms with Crippen LogP contribution in [0.25, 0.3) is 0 Å². The normalized spacial score (nSPS) is 16.6. The van der Waals surface area contributed by atoms with E-state index in [-0.39, 0.29) is 0 Å². The van der Waals surface area contributed by atoms with Gasteiger partial charge in [0.1, 0.15) is 11.1 Å². The zero-order valence-electron chi connectivity index (χ0n) is 15.7. The third kappa shape index (κ3) is 3.76. The molecule has 0 saturated carbocycles.